The fraction of sp³-hybridized carbons (Fsp3) is 0.421. The van der Waals surface area contributed by atoms with Crippen molar-refractivity contribution in [3.63, 3.8) is 0 Å². The lowest BCUT2D eigenvalue weighted by Crippen LogP contribution is -2.28. The highest BCUT2D eigenvalue weighted by atomic mass is 16.6. The standard InChI is InChI=1S/C19H23N5O4/c1-13-5-6-15(11-16(13)24(26)27)19(25)20-7-10-28-18-12-17(21-14(2)22-18)23-8-3-4-9-23/h5-6,11-12H,3-4,7-10H2,1-2H3,(H,20,25). The second kappa shape index (κ2) is 8.64. The molecular weight excluding hydrogens is 362 g/mol. The largest absolute Gasteiger partial charge is 0.476 e. The number of aryl methyl sites for hydroxylation is 2. The van der Waals surface area contributed by atoms with Gasteiger partial charge >= 0.3 is 0 Å². The third-order valence-corrected chi connectivity index (χ3v) is 4.54. The molecule has 2 heterocycles. The number of carbonyl (C=O) groups excluding carboxylic acids is 1. The highest BCUT2D eigenvalue weighted by Gasteiger charge is 2.16. The molecule has 1 saturated heterocycles. The molecular formula is C19H23N5O4. The quantitative estimate of drug-likeness (QED) is 0.443. The van der Waals surface area contributed by atoms with E-state index >= 15 is 0 Å². The van der Waals surface area contributed by atoms with E-state index in [9.17, 15) is 14.9 Å². The fourth-order valence-corrected chi connectivity index (χ4v) is 3.08. The van der Waals surface area contributed by atoms with Crippen molar-refractivity contribution < 1.29 is 14.5 Å². The Morgan fingerprint density at radius 1 is 1.25 bits per heavy atom. The predicted octanol–water partition coefficient (Wildman–Crippen LogP) is 2.41. The van der Waals surface area contributed by atoms with Gasteiger partial charge in [-0.25, -0.2) is 4.98 Å². The first-order chi connectivity index (χ1) is 13.4. The molecule has 0 aliphatic carbocycles. The SMILES string of the molecule is Cc1nc(OCCNC(=O)c2ccc(C)c([N+](=O)[O-])c2)cc(N2CCCC2)n1. The van der Waals surface area contributed by atoms with Crippen molar-refractivity contribution in [1.82, 2.24) is 15.3 Å². The number of nitrogens with zero attached hydrogens (tertiary/aromatic N) is 4. The fourth-order valence-electron chi connectivity index (χ4n) is 3.08. The molecule has 9 nitrogen and oxygen atoms in total. The van der Waals surface area contributed by atoms with E-state index in [1.54, 1.807) is 19.1 Å². The van der Waals surface area contributed by atoms with Crippen molar-refractivity contribution in [3.8, 4) is 5.88 Å². The maximum absolute atomic E-state index is 12.2. The number of nitro groups is 1. The third kappa shape index (κ3) is 4.73. The van der Waals surface area contributed by atoms with Gasteiger partial charge in [-0.1, -0.05) is 6.07 Å². The van der Waals surface area contributed by atoms with E-state index in [2.05, 4.69) is 20.2 Å². The van der Waals surface area contributed by atoms with Gasteiger partial charge in [0, 0.05) is 36.3 Å². The van der Waals surface area contributed by atoms with Crippen LogP contribution >= 0.6 is 0 Å². The monoisotopic (exact) mass is 385 g/mol. The van der Waals surface area contributed by atoms with Crippen LogP contribution in [0.25, 0.3) is 0 Å². The average Bonchev–Trinajstić information content (AvgIpc) is 3.19. The van der Waals surface area contributed by atoms with Crippen molar-refractivity contribution in [2.45, 2.75) is 26.7 Å². The number of aromatic nitrogens is 2. The van der Waals surface area contributed by atoms with Crippen molar-refractivity contribution in [3.05, 3.63) is 51.3 Å². The van der Waals surface area contributed by atoms with E-state index in [-0.39, 0.29) is 30.3 Å². The highest BCUT2D eigenvalue weighted by molar-refractivity contribution is 5.94. The molecule has 1 aliphatic heterocycles. The van der Waals surface area contributed by atoms with Crippen LogP contribution in [-0.4, -0.2) is 47.0 Å². The van der Waals surface area contributed by atoms with E-state index in [4.69, 9.17) is 4.74 Å². The average molecular weight is 385 g/mol. The van der Waals surface area contributed by atoms with E-state index in [0.717, 1.165) is 31.7 Å². The Morgan fingerprint density at radius 3 is 2.71 bits per heavy atom. The lowest BCUT2D eigenvalue weighted by molar-refractivity contribution is -0.385. The van der Waals surface area contributed by atoms with Crippen LogP contribution in [0.3, 0.4) is 0 Å². The van der Waals surface area contributed by atoms with Crippen LogP contribution in [0.2, 0.25) is 0 Å². The van der Waals surface area contributed by atoms with Crippen LogP contribution in [0.1, 0.15) is 34.6 Å². The summed E-state index contributed by atoms with van der Waals surface area (Å²) in [6.45, 7) is 5.90. The van der Waals surface area contributed by atoms with Crippen LogP contribution in [0.4, 0.5) is 11.5 Å². The van der Waals surface area contributed by atoms with Crippen LogP contribution < -0.4 is 15.0 Å². The van der Waals surface area contributed by atoms with Gasteiger partial charge in [0.05, 0.1) is 11.5 Å². The van der Waals surface area contributed by atoms with Gasteiger partial charge in [-0.2, -0.15) is 4.98 Å². The summed E-state index contributed by atoms with van der Waals surface area (Å²) in [5, 5.41) is 13.7. The van der Waals surface area contributed by atoms with Crippen LogP contribution in [0, 0.1) is 24.0 Å². The number of amides is 1. The number of anilines is 1. The van der Waals surface area contributed by atoms with Gasteiger partial charge in [-0.15, -0.1) is 0 Å². The van der Waals surface area contributed by atoms with E-state index < -0.39 is 4.92 Å². The molecule has 3 rings (SSSR count). The Morgan fingerprint density at radius 2 is 2.00 bits per heavy atom. The van der Waals surface area contributed by atoms with Crippen molar-refractivity contribution in [2.75, 3.05) is 31.1 Å². The van der Waals surface area contributed by atoms with Crippen LogP contribution in [0.15, 0.2) is 24.3 Å². The van der Waals surface area contributed by atoms with Gasteiger partial charge in [0.2, 0.25) is 5.88 Å². The Balaban J connectivity index is 1.54. The molecule has 0 radical (unpaired) electrons. The number of hydrogen-bond acceptors (Lipinski definition) is 7. The summed E-state index contributed by atoms with van der Waals surface area (Å²) < 4.78 is 5.65. The first-order valence-corrected chi connectivity index (χ1v) is 9.21. The Hall–Kier alpha value is -3.23. The minimum atomic E-state index is -0.495. The zero-order valence-corrected chi connectivity index (χ0v) is 16.0. The molecule has 28 heavy (non-hydrogen) atoms. The summed E-state index contributed by atoms with van der Waals surface area (Å²) in [5.74, 6) is 1.57. The van der Waals surface area contributed by atoms with Gasteiger partial charge in [0.25, 0.3) is 11.6 Å². The molecule has 1 N–H and O–H groups in total. The summed E-state index contributed by atoms with van der Waals surface area (Å²) in [6, 6.07) is 6.22. The smallest absolute Gasteiger partial charge is 0.273 e. The molecule has 0 bridgehead atoms. The summed E-state index contributed by atoms with van der Waals surface area (Å²) >= 11 is 0. The first kappa shape index (κ1) is 19.5. The number of rotatable bonds is 7. The predicted molar refractivity (Wildman–Crippen MR) is 104 cm³/mol. The molecule has 0 atom stereocenters. The van der Waals surface area contributed by atoms with E-state index in [1.165, 1.54) is 6.07 Å². The Labute approximate surface area is 162 Å². The Kier molecular flexibility index (Phi) is 6.03. The van der Waals surface area contributed by atoms with Gasteiger partial charge in [-0.3, -0.25) is 14.9 Å². The number of nitro benzene ring substituents is 1. The molecule has 0 saturated carbocycles. The number of ether oxygens (including phenoxy) is 1. The normalized spacial score (nSPS) is 13.4. The topological polar surface area (TPSA) is 110 Å². The zero-order valence-electron chi connectivity index (χ0n) is 16.0. The third-order valence-electron chi connectivity index (χ3n) is 4.54. The van der Waals surface area contributed by atoms with Crippen LogP contribution in [-0.2, 0) is 0 Å². The molecule has 0 unspecified atom stereocenters. The van der Waals surface area contributed by atoms with E-state index in [0.29, 0.717) is 17.3 Å². The van der Waals surface area contributed by atoms with Gasteiger partial charge in [0.1, 0.15) is 18.2 Å². The molecule has 148 valence electrons. The number of nitrogens with one attached hydrogen (secondary N) is 1. The number of benzene rings is 1. The number of hydrogen-bond donors (Lipinski definition) is 1. The lowest BCUT2D eigenvalue weighted by Gasteiger charge is -2.17. The molecule has 9 heteroatoms. The van der Waals surface area contributed by atoms with Gasteiger partial charge in [0.15, 0.2) is 0 Å². The van der Waals surface area contributed by atoms with Crippen molar-refractivity contribution in [2.24, 2.45) is 0 Å². The van der Waals surface area contributed by atoms with E-state index in [1.807, 2.05) is 13.0 Å². The molecule has 0 spiro atoms. The Bertz CT molecular complexity index is 881. The summed E-state index contributed by atoms with van der Waals surface area (Å²) in [7, 11) is 0. The summed E-state index contributed by atoms with van der Waals surface area (Å²) in [4.78, 5) is 33.6. The molecule has 1 aromatic heterocycles. The molecule has 1 amide bonds. The highest BCUT2D eigenvalue weighted by Crippen LogP contribution is 2.22. The van der Waals surface area contributed by atoms with Crippen molar-refractivity contribution in [1.29, 1.82) is 0 Å². The van der Waals surface area contributed by atoms with Crippen LogP contribution in [0.5, 0.6) is 5.88 Å². The number of carbonyl (C=O) groups is 1. The molecule has 1 aromatic carbocycles. The second-order valence-corrected chi connectivity index (χ2v) is 6.67. The summed E-state index contributed by atoms with van der Waals surface area (Å²) in [6.07, 6.45) is 2.31. The van der Waals surface area contributed by atoms with Crippen molar-refractivity contribution >= 4 is 17.4 Å². The maximum atomic E-state index is 12.2. The van der Waals surface area contributed by atoms with Gasteiger partial charge < -0.3 is 15.0 Å². The molecule has 1 fully saturated rings. The minimum absolute atomic E-state index is 0.0743. The first-order valence-electron chi connectivity index (χ1n) is 9.21. The molecule has 2 aromatic rings. The minimum Gasteiger partial charge on any atom is -0.476 e. The molecule has 1 aliphatic rings. The maximum Gasteiger partial charge on any atom is 0.273 e. The lowest BCUT2D eigenvalue weighted by atomic mass is 10.1. The van der Waals surface area contributed by atoms with Gasteiger partial charge in [-0.05, 0) is 32.8 Å². The second-order valence-electron chi connectivity index (χ2n) is 6.67. The zero-order chi connectivity index (χ0) is 20.1. The summed E-state index contributed by atoms with van der Waals surface area (Å²) in [5.41, 5.74) is 0.680.